The van der Waals surface area contributed by atoms with Crippen molar-refractivity contribution < 1.29 is 165 Å². The van der Waals surface area contributed by atoms with Crippen LogP contribution in [0.1, 0.15) is 71.3 Å². The van der Waals surface area contributed by atoms with Crippen molar-refractivity contribution >= 4 is 335 Å². The van der Waals surface area contributed by atoms with Gasteiger partial charge in [0.05, 0.1) is 102 Å². The van der Waals surface area contributed by atoms with E-state index in [9.17, 15) is 72.7 Å². The Labute approximate surface area is 920 Å². The van der Waals surface area contributed by atoms with Gasteiger partial charge in [-0.2, -0.15) is 0 Å². The molecule has 3 amide bonds. The van der Waals surface area contributed by atoms with Gasteiger partial charge in [-0.1, -0.05) is 83.1 Å². The summed E-state index contributed by atoms with van der Waals surface area (Å²) in [5.74, 6) is 33.0. The van der Waals surface area contributed by atoms with Gasteiger partial charge in [0.25, 0.3) is 42.2 Å². The summed E-state index contributed by atoms with van der Waals surface area (Å²) >= 11 is 25.4. The van der Waals surface area contributed by atoms with Crippen molar-refractivity contribution in [3.63, 3.8) is 0 Å². The molecule has 0 aliphatic heterocycles. The summed E-state index contributed by atoms with van der Waals surface area (Å²) < 4.78 is 147. The number of benzene rings is 5. The molecule has 0 spiro atoms. The van der Waals surface area contributed by atoms with Crippen molar-refractivity contribution in [3.8, 4) is 112 Å². The van der Waals surface area contributed by atoms with Gasteiger partial charge in [-0.05, 0) is 215 Å². The number of thiazole rings is 5. The molecule has 5 heterocycles. The van der Waals surface area contributed by atoms with Crippen molar-refractivity contribution in [2.24, 2.45) is 0 Å². The first kappa shape index (κ1) is 134. The summed E-state index contributed by atoms with van der Waals surface area (Å²) in [5.41, 5.74) is 26.2. The maximum atomic E-state index is 12.5. The van der Waals surface area contributed by atoms with Gasteiger partial charge in [0.15, 0.2) is 61.4 Å². The number of rotatable bonds is 24. The number of ether oxygens (including phenoxy) is 5. The van der Waals surface area contributed by atoms with Crippen LogP contribution in [0.3, 0.4) is 0 Å². The second-order valence-electron chi connectivity index (χ2n) is 22.6. The van der Waals surface area contributed by atoms with Gasteiger partial charge in [0.2, 0.25) is 17.7 Å². The summed E-state index contributed by atoms with van der Waals surface area (Å²) in [4.78, 5) is 86.3. The number of hydrogen-bond acceptors (Lipinski definition) is 41. The number of aromatic nitrogens is 5. The number of thiocarbonyl (C=S) groups is 1. The molecule has 736 valence electrons. The Balaban J connectivity index is -0.000000753. The molecule has 10 aromatic rings. The van der Waals surface area contributed by atoms with Gasteiger partial charge in [-0.15, -0.1) is 30.2 Å². The summed E-state index contributed by atoms with van der Waals surface area (Å²) in [6.45, 7) is 5.35. The van der Waals surface area contributed by atoms with Crippen LogP contribution in [0.25, 0.3) is 0 Å². The number of halogens is 8. The number of aliphatic hydroxyl groups excluding tert-OH is 2. The van der Waals surface area contributed by atoms with E-state index in [1.165, 1.54) is 110 Å². The molecular formula is C77H70BBr5Cl2IMnN15NaO26S10. The van der Waals surface area contributed by atoms with Crippen molar-refractivity contribution in [1.29, 1.82) is 0 Å². The number of sulfonamides is 3. The average Bonchev–Trinajstić information content (AvgIpc) is 1.22. The Hall–Kier alpha value is -9.39. The molecule has 5 aromatic heterocycles. The van der Waals surface area contributed by atoms with E-state index < -0.39 is 53.9 Å². The van der Waals surface area contributed by atoms with Gasteiger partial charge in [-0.3, -0.25) is 47.8 Å². The number of carbonyl (C=O) groups is 6. The van der Waals surface area contributed by atoms with E-state index >= 15 is 0 Å². The quantitative estimate of drug-likeness (QED) is 0.00308. The topological polar surface area (TPSA) is 639 Å². The molecule has 3 radical (unpaired) electrons. The summed E-state index contributed by atoms with van der Waals surface area (Å²) in [5, 5.41) is 39.5. The molecule has 0 atom stereocenters. The number of nitrogens with two attached hydrogens (primary N) is 4. The van der Waals surface area contributed by atoms with Crippen LogP contribution >= 0.6 is 194 Å². The zero-order chi connectivity index (χ0) is 103. The van der Waals surface area contributed by atoms with E-state index in [1.54, 1.807) is 66.0 Å². The molecule has 17 N–H and O–H groups in total. The van der Waals surface area contributed by atoms with Gasteiger partial charge in [0, 0.05) is 113 Å². The fraction of sp³-hybridized carbons (Fsp3) is 0.143. The van der Waals surface area contributed by atoms with E-state index in [2.05, 4.69) is 234 Å². The van der Waals surface area contributed by atoms with E-state index in [-0.39, 0.29) is 152 Å². The zero-order valence-electron chi connectivity index (χ0n) is 73.3. The van der Waals surface area contributed by atoms with Crippen molar-refractivity contribution in [2.75, 3.05) is 88.6 Å². The Morgan fingerprint density at radius 3 is 1.09 bits per heavy atom. The number of terminal acetylenes is 1. The molecule has 0 aliphatic rings. The first-order chi connectivity index (χ1) is 64.1. The molecule has 139 heavy (non-hydrogen) atoms. The van der Waals surface area contributed by atoms with Crippen LogP contribution in [0.15, 0.2) is 136 Å². The average molecular weight is 2630 g/mol. The van der Waals surface area contributed by atoms with Crippen LogP contribution in [-0.2, 0) is 99.1 Å². The number of nitrogens with one attached hydrogen (secondary N) is 6. The van der Waals surface area contributed by atoms with Crippen molar-refractivity contribution in [1.82, 2.24) is 24.9 Å². The standard InChI is InChI=1S/C15H4.C13H14BrN3O5S2.C11H12BrN3O4S2.C11H10BrN3O4S2.2C8H8BrNO2.C5H5ClN2O3S2.C5H6N2OS.CHIO3S.B.ClH.Mn.Na.2O.H/c1-3-5-7-9-11-13-15-14-12-10-8-6-4-2;1-7(19)16-13-15-5-12(23-13)24(20,21)17-10-4-9(14)8(6-18)3-11(10)22-2;2*1-19-9-2-6(5-16)7(12)3-8(9)15-21(17,18)10-4-14-11(13)20-10;2*1-12-8-2-5(4-11)6(9)3-7(8)10;1-3(9)8-5-7-2-4(12-5)13(6,10)11;1-4(8)7-5-6-2-3-9-5;2-1(6)4-5-3;;;;;;;/h1H,2H3;3-5,17-18H,6H2,1-2H3,(H,15,16,19);2-4,15-16H,5H2,1H3,(H2,13,14);2-5,15H,1H3,(H2,13,14);2*2-4H,10H2,1H3;2H,1H3,(H,7,8,9);2-3H,1H3,(H,6,7,8);3H;;1H;;;;;/q;;;;;;;;;;;;+1;;;-1. The predicted molar refractivity (Wildman–Crippen MR) is 556 cm³/mol. The third kappa shape index (κ3) is 51.7. The number of hydrogen-bond donors (Lipinski definition) is 13. The predicted octanol–water partition coefficient (Wildman–Crippen LogP) is 10.6. The van der Waals surface area contributed by atoms with Crippen molar-refractivity contribution in [2.45, 2.75) is 57.7 Å². The summed E-state index contributed by atoms with van der Waals surface area (Å²) in [7, 11) is -3.04. The summed E-state index contributed by atoms with van der Waals surface area (Å²) in [6, 6.07) is 15.4. The molecule has 62 heteroatoms. The monoisotopic (exact) mass is 2620 g/mol. The molecule has 0 fully saturated rings. The molecule has 0 aliphatic carbocycles. The normalized spacial score (nSPS) is 9.42. The molecule has 0 saturated carbocycles. The van der Waals surface area contributed by atoms with E-state index in [0.29, 0.717) is 90.2 Å². The van der Waals surface area contributed by atoms with Crippen LogP contribution in [0, 0.1) is 83.4 Å². The minimum atomic E-state index is -3.91. The second-order valence-corrected chi connectivity index (χ2v) is 42.8. The number of aldehydes is 3. The Kier molecular flexibility index (Phi) is 68.4. The Bertz CT molecular complexity index is 6840. The third-order valence-corrected chi connectivity index (χ3v) is 28.9. The number of carbonyl (C=O) groups excluding carboxylic acids is 6. The second kappa shape index (κ2) is 71.1. The number of methoxy groups -OCH3 is 5. The molecule has 41 nitrogen and oxygen atoms in total. The van der Waals surface area contributed by atoms with Crippen LogP contribution < -0.4 is 106 Å². The van der Waals surface area contributed by atoms with Gasteiger partial charge in [-0.25, -0.2) is 63.8 Å². The first-order valence-electron chi connectivity index (χ1n) is 34.6. The molecule has 0 bridgehead atoms. The van der Waals surface area contributed by atoms with Gasteiger partial charge in [0.1, 0.15) is 28.7 Å². The SMILES string of the molecule is C#CC#CC#CC#CC#CC#CC#CC.CC(=O)Nc1ncc(S(=O)(=O)Cl)s1.CC(=O)Nc1nccs1.COc1cc(C=O)c(Br)cc1N.COc1cc(C=O)c(Br)cc1N.COc1cc(C=O)c(Br)cc1NS(=O)(=O)c1cnc(N)s1.COc1cc(CO)c(Br)cc1NS(=O)(=O)c1cnc(N)s1.COc1cc(CO)c(Br)cc1NS(=O)(=O)c1cnc(NC(C)=O)s1.Cl.OOOC(=S)I.[B].[H-].[Na+].[O]=[Mn]=[O]. The maximum absolute atomic E-state index is 12.5. The molecule has 0 unspecified atom stereocenters. The first-order valence-corrected chi connectivity index (χ1v) is 52.0. The number of aliphatic hydroxyl groups is 2. The van der Waals surface area contributed by atoms with Crippen LogP contribution in [-0.4, -0.2) is 158 Å². The number of nitrogen functional groups attached to an aromatic ring is 4. The Morgan fingerprint density at radius 2 is 0.813 bits per heavy atom. The van der Waals surface area contributed by atoms with Gasteiger partial charge < -0.3 is 74.2 Å². The van der Waals surface area contributed by atoms with E-state index in [0.717, 1.165) is 70.3 Å². The molecule has 0 saturated heterocycles. The summed E-state index contributed by atoms with van der Waals surface area (Å²) in [6.07, 6.45) is 13.2. The fourth-order valence-corrected chi connectivity index (χ4v) is 18.8. The molecular weight excluding hydrogens is 2560 g/mol. The van der Waals surface area contributed by atoms with Crippen LogP contribution in [0.2, 0.25) is 0 Å². The fourth-order valence-electron chi connectivity index (χ4n) is 7.94. The van der Waals surface area contributed by atoms with Gasteiger partial charge >= 0.3 is 52.0 Å². The molecule has 5 aromatic carbocycles. The minimum absolute atomic E-state index is 0. The third-order valence-electron chi connectivity index (χ3n) is 13.4. The van der Waals surface area contributed by atoms with Crippen molar-refractivity contribution in [3.05, 3.63) is 147 Å². The van der Waals surface area contributed by atoms with Crippen LogP contribution in [0.4, 0.5) is 54.1 Å². The Morgan fingerprint density at radius 1 is 0.511 bits per heavy atom. The van der Waals surface area contributed by atoms with Crippen LogP contribution in [0.5, 0.6) is 28.7 Å². The van der Waals surface area contributed by atoms with E-state index in [4.69, 9.17) is 76.7 Å². The molecule has 10 rings (SSSR count). The zero-order valence-corrected chi connectivity index (χ0v) is 95.3. The number of amides is 3. The number of nitrogens with zero attached hydrogens (tertiary/aromatic N) is 5. The number of anilines is 10. The van der Waals surface area contributed by atoms with E-state index in [1.807, 2.05) is 5.38 Å².